The minimum absolute atomic E-state index is 0.717. The van der Waals surface area contributed by atoms with Crippen LogP contribution in [0.4, 0.5) is 0 Å². The van der Waals surface area contributed by atoms with Crippen LogP contribution in [0.2, 0.25) is 0 Å². The summed E-state index contributed by atoms with van der Waals surface area (Å²) in [6, 6.07) is 0.889. The summed E-state index contributed by atoms with van der Waals surface area (Å²) in [5.74, 6) is 0. The van der Waals surface area contributed by atoms with Gasteiger partial charge in [-0.05, 0) is 97.3 Å². The van der Waals surface area contributed by atoms with Gasteiger partial charge in [0.05, 0.1) is 0 Å². The highest BCUT2D eigenvalue weighted by Crippen LogP contribution is 2.41. The van der Waals surface area contributed by atoms with Gasteiger partial charge in [0.25, 0.3) is 0 Å². The Labute approximate surface area is 118 Å². The normalized spacial score (nSPS) is 31.9. The highest BCUT2D eigenvalue weighted by atomic mass is 15.2. The van der Waals surface area contributed by atoms with Crippen molar-refractivity contribution in [1.29, 1.82) is 0 Å². The summed E-state index contributed by atoms with van der Waals surface area (Å²) in [5, 5.41) is 0. The van der Waals surface area contributed by atoms with E-state index in [1.807, 2.05) is 0 Å². The number of rotatable bonds is 1. The van der Waals surface area contributed by atoms with Crippen molar-refractivity contribution in [3.8, 4) is 0 Å². The molecule has 3 aliphatic heterocycles. The maximum absolute atomic E-state index is 2.82. The number of nitrogens with zero attached hydrogens (tertiary/aromatic N) is 3. The minimum atomic E-state index is 0.717. The van der Waals surface area contributed by atoms with E-state index in [9.17, 15) is 0 Å². The molecule has 0 aromatic carbocycles. The monoisotopic (exact) mass is 265 g/mol. The molecule has 0 bridgehead atoms. The summed E-state index contributed by atoms with van der Waals surface area (Å²) < 4.78 is 0. The van der Waals surface area contributed by atoms with E-state index < -0.39 is 0 Å². The third-order valence-corrected chi connectivity index (χ3v) is 6.11. The maximum Gasteiger partial charge on any atom is 0.0120 e. The van der Waals surface area contributed by atoms with Gasteiger partial charge in [-0.25, -0.2) is 0 Å². The van der Waals surface area contributed by atoms with Crippen molar-refractivity contribution in [3.63, 3.8) is 0 Å². The molecule has 3 aliphatic rings. The van der Waals surface area contributed by atoms with Crippen LogP contribution in [-0.2, 0) is 0 Å². The Bertz CT molecular complexity index is 278. The molecule has 3 heterocycles. The maximum atomic E-state index is 2.82. The van der Waals surface area contributed by atoms with Crippen LogP contribution in [0.5, 0.6) is 0 Å². The zero-order valence-electron chi connectivity index (χ0n) is 12.9. The van der Waals surface area contributed by atoms with Crippen LogP contribution >= 0.6 is 0 Å². The van der Waals surface area contributed by atoms with Gasteiger partial charge in [0, 0.05) is 6.04 Å². The molecule has 0 aromatic heterocycles. The predicted molar refractivity (Wildman–Crippen MR) is 80.5 cm³/mol. The van der Waals surface area contributed by atoms with Crippen LogP contribution in [0.15, 0.2) is 0 Å². The molecule has 0 aliphatic carbocycles. The molecule has 3 fully saturated rings. The Morgan fingerprint density at radius 2 is 1.16 bits per heavy atom. The Kier molecular flexibility index (Phi) is 4.16. The van der Waals surface area contributed by atoms with Crippen LogP contribution in [0, 0.1) is 5.41 Å². The molecule has 0 saturated carbocycles. The van der Waals surface area contributed by atoms with Crippen LogP contribution in [-0.4, -0.2) is 74.1 Å². The summed E-state index contributed by atoms with van der Waals surface area (Å²) in [6.07, 6.45) is 8.62. The summed E-state index contributed by atoms with van der Waals surface area (Å²) in [4.78, 5) is 7.81. The Hall–Kier alpha value is -0.120. The molecular weight excluding hydrogens is 234 g/mol. The van der Waals surface area contributed by atoms with Crippen molar-refractivity contribution in [1.82, 2.24) is 14.7 Å². The van der Waals surface area contributed by atoms with E-state index in [1.54, 1.807) is 0 Å². The van der Waals surface area contributed by atoms with Gasteiger partial charge in [-0.2, -0.15) is 0 Å². The molecule has 3 nitrogen and oxygen atoms in total. The smallest absolute Gasteiger partial charge is 0.0120 e. The van der Waals surface area contributed by atoms with Gasteiger partial charge in [-0.15, -0.1) is 0 Å². The molecule has 3 saturated heterocycles. The first-order valence-corrected chi connectivity index (χ1v) is 8.28. The van der Waals surface area contributed by atoms with E-state index in [2.05, 4.69) is 28.8 Å². The summed E-state index contributed by atoms with van der Waals surface area (Å²) in [5.41, 5.74) is 0.717. The second-order valence-electron chi connectivity index (χ2n) is 7.37. The fourth-order valence-electron chi connectivity index (χ4n) is 4.32. The predicted octanol–water partition coefficient (Wildman–Crippen LogP) is 1.89. The third kappa shape index (κ3) is 3.14. The molecule has 19 heavy (non-hydrogen) atoms. The van der Waals surface area contributed by atoms with Crippen molar-refractivity contribution in [3.05, 3.63) is 0 Å². The second-order valence-corrected chi connectivity index (χ2v) is 7.37. The van der Waals surface area contributed by atoms with Crippen LogP contribution in [0.1, 0.15) is 38.5 Å². The fourth-order valence-corrected chi connectivity index (χ4v) is 4.32. The highest BCUT2D eigenvalue weighted by Gasteiger charge is 2.38. The number of hydrogen-bond donors (Lipinski definition) is 0. The first-order valence-electron chi connectivity index (χ1n) is 8.28. The summed E-state index contributed by atoms with van der Waals surface area (Å²) in [6.45, 7) is 8.01. The van der Waals surface area contributed by atoms with Gasteiger partial charge in [-0.3, -0.25) is 0 Å². The van der Waals surface area contributed by atoms with Crippen molar-refractivity contribution in [2.24, 2.45) is 5.41 Å². The average molecular weight is 265 g/mol. The van der Waals surface area contributed by atoms with Crippen molar-refractivity contribution in [2.75, 3.05) is 53.4 Å². The standard InChI is InChI=1S/C16H31N3/c1-17-9-3-15(4-10-17)19-13-7-16(8-14-19)5-11-18(2)12-6-16/h15H,3-14H2,1-2H3. The summed E-state index contributed by atoms with van der Waals surface area (Å²) >= 11 is 0. The SMILES string of the molecule is CN1CCC(N2CCC3(CCN(C)CC3)CC2)CC1. The van der Waals surface area contributed by atoms with E-state index in [0.717, 1.165) is 6.04 Å². The molecule has 0 N–H and O–H groups in total. The topological polar surface area (TPSA) is 9.72 Å². The van der Waals surface area contributed by atoms with E-state index in [0.29, 0.717) is 5.41 Å². The lowest BCUT2D eigenvalue weighted by Crippen LogP contribution is -2.51. The molecule has 3 rings (SSSR count). The van der Waals surface area contributed by atoms with E-state index in [1.165, 1.54) is 77.8 Å². The first kappa shape index (κ1) is 13.8. The molecule has 0 atom stereocenters. The molecule has 110 valence electrons. The number of likely N-dealkylation sites (tertiary alicyclic amines) is 3. The lowest BCUT2D eigenvalue weighted by Gasteiger charge is -2.49. The van der Waals surface area contributed by atoms with Gasteiger partial charge < -0.3 is 14.7 Å². The molecular formula is C16H31N3. The van der Waals surface area contributed by atoms with Gasteiger partial charge >= 0.3 is 0 Å². The van der Waals surface area contributed by atoms with E-state index >= 15 is 0 Å². The third-order valence-electron chi connectivity index (χ3n) is 6.11. The van der Waals surface area contributed by atoms with Crippen molar-refractivity contribution in [2.45, 2.75) is 44.6 Å². The molecule has 1 spiro atoms. The molecule has 0 aromatic rings. The Morgan fingerprint density at radius 1 is 0.684 bits per heavy atom. The first-order chi connectivity index (χ1) is 9.17. The van der Waals surface area contributed by atoms with Gasteiger partial charge in [0.2, 0.25) is 0 Å². The van der Waals surface area contributed by atoms with E-state index in [-0.39, 0.29) is 0 Å². The lowest BCUT2D eigenvalue weighted by molar-refractivity contribution is 0.0135. The lowest BCUT2D eigenvalue weighted by atomic mass is 9.71. The zero-order valence-corrected chi connectivity index (χ0v) is 12.9. The number of hydrogen-bond acceptors (Lipinski definition) is 3. The summed E-state index contributed by atoms with van der Waals surface area (Å²) in [7, 11) is 4.54. The van der Waals surface area contributed by atoms with Crippen LogP contribution in [0.3, 0.4) is 0 Å². The molecule has 0 radical (unpaired) electrons. The Balaban J connectivity index is 1.49. The largest absolute Gasteiger partial charge is 0.306 e. The van der Waals surface area contributed by atoms with Gasteiger partial charge in [-0.1, -0.05) is 0 Å². The van der Waals surface area contributed by atoms with Crippen LogP contribution < -0.4 is 0 Å². The Morgan fingerprint density at radius 3 is 1.74 bits per heavy atom. The quantitative estimate of drug-likeness (QED) is 0.717. The molecule has 3 heteroatoms. The highest BCUT2D eigenvalue weighted by molar-refractivity contribution is 4.92. The average Bonchev–Trinajstić information content (AvgIpc) is 2.44. The van der Waals surface area contributed by atoms with Gasteiger partial charge in [0.15, 0.2) is 0 Å². The van der Waals surface area contributed by atoms with Crippen molar-refractivity contribution >= 4 is 0 Å². The second kappa shape index (κ2) is 5.71. The van der Waals surface area contributed by atoms with Crippen LogP contribution in [0.25, 0.3) is 0 Å². The fraction of sp³-hybridized carbons (Fsp3) is 1.00. The van der Waals surface area contributed by atoms with E-state index in [4.69, 9.17) is 0 Å². The molecule has 0 amide bonds. The minimum Gasteiger partial charge on any atom is -0.306 e. The zero-order chi connectivity index (χ0) is 13.3. The van der Waals surface area contributed by atoms with Gasteiger partial charge in [0.1, 0.15) is 0 Å². The van der Waals surface area contributed by atoms with Crippen molar-refractivity contribution < 1.29 is 0 Å². The molecule has 0 unspecified atom stereocenters. The number of piperidine rings is 3.